The van der Waals surface area contributed by atoms with E-state index in [1.54, 1.807) is 0 Å². The Morgan fingerprint density at radius 2 is 2.25 bits per heavy atom. The molecule has 0 fully saturated rings. The summed E-state index contributed by atoms with van der Waals surface area (Å²) in [5.41, 5.74) is 7.93. The summed E-state index contributed by atoms with van der Waals surface area (Å²) >= 11 is 6.18. The van der Waals surface area contributed by atoms with Gasteiger partial charge in [0.1, 0.15) is 11.0 Å². The number of imidazole rings is 1. The Bertz CT molecular complexity index is 502. The molecule has 2 N–H and O–H groups in total. The number of hydrogen-bond donors (Lipinski definition) is 1. The van der Waals surface area contributed by atoms with Crippen LogP contribution in [0.5, 0.6) is 0 Å². The first-order chi connectivity index (χ1) is 7.63. The largest absolute Gasteiger partial charge is 0.328 e. The second kappa shape index (κ2) is 4.44. The number of nitrogens with two attached hydrogens (primary N) is 1. The van der Waals surface area contributed by atoms with E-state index in [9.17, 15) is 0 Å². The molecule has 0 aliphatic rings. The minimum atomic E-state index is 0.113. The van der Waals surface area contributed by atoms with Crippen LogP contribution in [0.4, 0.5) is 0 Å². The summed E-state index contributed by atoms with van der Waals surface area (Å²) in [5.74, 6) is 0.997. The maximum absolute atomic E-state index is 6.18. The summed E-state index contributed by atoms with van der Waals surface area (Å²) in [7, 11) is 0. The third-order valence-electron chi connectivity index (χ3n) is 2.59. The Hall–Kier alpha value is -1.06. The highest BCUT2D eigenvalue weighted by Gasteiger charge is 2.12. The Kier molecular flexibility index (Phi) is 3.17. The smallest absolute Gasteiger partial charge is 0.114 e. The van der Waals surface area contributed by atoms with Crippen molar-refractivity contribution >= 4 is 17.1 Å². The molecule has 0 aliphatic heterocycles. The molecule has 1 unspecified atom stereocenters. The van der Waals surface area contributed by atoms with E-state index >= 15 is 0 Å². The maximum Gasteiger partial charge on any atom is 0.114 e. The monoisotopic (exact) mass is 237 g/mol. The quantitative estimate of drug-likeness (QED) is 0.834. The van der Waals surface area contributed by atoms with Gasteiger partial charge in [-0.25, -0.2) is 4.98 Å². The molecule has 2 aromatic rings. The number of halogens is 1. The number of rotatable bonds is 3. The van der Waals surface area contributed by atoms with E-state index in [2.05, 4.69) is 11.9 Å². The Morgan fingerprint density at radius 3 is 2.88 bits per heavy atom. The predicted molar refractivity (Wildman–Crippen MR) is 66.9 cm³/mol. The van der Waals surface area contributed by atoms with Gasteiger partial charge in [0.15, 0.2) is 0 Å². The summed E-state index contributed by atoms with van der Waals surface area (Å²) in [6, 6.07) is 5.98. The molecule has 0 aromatic carbocycles. The fourth-order valence-corrected chi connectivity index (χ4v) is 2.19. The van der Waals surface area contributed by atoms with Crippen molar-refractivity contribution in [2.24, 2.45) is 5.73 Å². The van der Waals surface area contributed by atoms with E-state index in [0.717, 1.165) is 29.9 Å². The standard InChI is InChI=1S/C12H16ClN3/c1-3-12-15-9(7-8(2)14)10-5-4-6-11(13)16(10)12/h4-6,8H,3,7,14H2,1-2H3. The van der Waals surface area contributed by atoms with Crippen LogP contribution in [-0.2, 0) is 12.8 Å². The average molecular weight is 238 g/mol. The Morgan fingerprint density at radius 1 is 1.50 bits per heavy atom. The van der Waals surface area contributed by atoms with Gasteiger partial charge in [0, 0.05) is 18.9 Å². The van der Waals surface area contributed by atoms with Crippen LogP contribution < -0.4 is 5.73 Å². The van der Waals surface area contributed by atoms with Gasteiger partial charge in [-0.15, -0.1) is 0 Å². The topological polar surface area (TPSA) is 43.3 Å². The van der Waals surface area contributed by atoms with Gasteiger partial charge in [-0.3, -0.25) is 4.40 Å². The van der Waals surface area contributed by atoms with Crippen LogP contribution >= 0.6 is 11.6 Å². The van der Waals surface area contributed by atoms with Gasteiger partial charge < -0.3 is 5.73 Å². The zero-order valence-corrected chi connectivity index (χ0v) is 10.3. The van der Waals surface area contributed by atoms with Gasteiger partial charge in [-0.1, -0.05) is 24.6 Å². The van der Waals surface area contributed by atoms with Crippen molar-refractivity contribution < 1.29 is 0 Å². The summed E-state index contributed by atoms with van der Waals surface area (Å²) in [6.45, 7) is 4.06. The third kappa shape index (κ3) is 1.93. The molecule has 0 spiro atoms. The predicted octanol–water partition coefficient (Wildman–Crippen LogP) is 2.44. The molecule has 1 atom stereocenters. The van der Waals surface area contributed by atoms with E-state index in [4.69, 9.17) is 17.3 Å². The van der Waals surface area contributed by atoms with Crippen LogP contribution in [0.25, 0.3) is 5.52 Å². The number of fused-ring (bicyclic) bond motifs is 1. The normalized spacial score (nSPS) is 13.2. The Balaban J connectivity index is 2.63. The molecule has 2 heterocycles. The number of hydrogen-bond acceptors (Lipinski definition) is 2. The molecule has 16 heavy (non-hydrogen) atoms. The number of nitrogens with zero attached hydrogens (tertiary/aromatic N) is 2. The van der Waals surface area contributed by atoms with Crippen molar-refractivity contribution in [3.63, 3.8) is 0 Å². The minimum absolute atomic E-state index is 0.113. The van der Waals surface area contributed by atoms with E-state index in [0.29, 0.717) is 5.15 Å². The summed E-state index contributed by atoms with van der Waals surface area (Å²) < 4.78 is 2.00. The fourth-order valence-electron chi connectivity index (χ4n) is 1.93. The SMILES string of the molecule is CCc1nc(CC(C)N)c2cccc(Cl)n12. The van der Waals surface area contributed by atoms with Crippen LogP contribution in [0.3, 0.4) is 0 Å². The second-order valence-electron chi connectivity index (χ2n) is 4.08. The van der Waals surface area contributed by atoms with E-state index in [1.807, 2.05) is 29.5 Å². The zero-order valence-electron chi connectivity index (χ0n) is 9.57. The van der Waals surface area contributed by atoms with Crippen LogP contribution in [0.2, 0.25) is 5.15 Å². The van der Waals surface area contributed by atoms with Crippen molar-refractivity contribution in [2.75, 3.05) is 0 Å². The van der Waals surface area contributed by atoms with E-state index in [-0.39, 0.29) is 6.04 Å². The van der Waals surface area contributed by atoms with E-state index < -0.39 is 0 Å². The lowest BCUT2D eigenvalue weighted by molar-refractivity contribution is 0.726. The first-order valence-corrected chi connectivity index (χ1v) is 5.91. The average Bonchev–Trinajstić information content (AvgIpc) is 2.57. The van der Waals surface area contributed by atoms with Gasteiger partial charge in [-0.05, 0) is 19.1 Å². The lowest BCUT2D eigenvalue weighted by Gasteiger charge is -2.03. The van der Waals surface area contributed by atoms with Crippen LogP contribution in [0, 0.1) is 0 Å². The van der Waals surface area contributed by atoms with Gasteiger partial charge in [0.25, 0.3) is 0 Å². The fraction of sp³-hybridized carbons (Fsp3) is 0.417. The molecule has 3 nitrogen and oxygen atoms in total. The van der Waals surface area contributed by atoms with Gasteiger partial charge in [0.05, 0.1) is 11.2 Å². The summed E-state index contributed by atoms with van der Waals surface area (Å²) in [5, 5.41) is 0.706. The lowest BCUT2D eigenvalue weighted by Crippen LogP contribution is -2.18. The van der Waals surface area contributed by atoms with Gasteiger partial charge >= 0.3 is 0 Å². The second-order valence-corrected chi connectivity index (χ2v) is 4.47. The first-order valence-electron chi connectivity index (χ1n) is 5.53. The van der Waals surface area contributed by atoms with Crippen molar-refractivity contribution in [1.82, 2.24) is 9.38 Å². The molecule has 0 saturated heterocycles. The highest BCUT2D eigenvalue weighted by Crippen LogP contribution is 2.20. The third-order valence-corrected chi connectivity index (χ3v) is 2.89. The van der Waals surface area contributed by atoms with Crippen LogP contribution in [-0.4, -0.2) is 15.4 Å². The number of pyridine rings is 1. The molecule has 0 bridgehead atoms. The Labute approximate surface area is 100 Å². The summed E-state index contributed by atoms with van der Waals surface area (Å²) in [4.78, 5) is 4.61. The van der Waals surface area contributed by atoms with Gasteiger partial charge in [0.2, 0.25) is 0 Å². The molecule has 86 valence electrons. The molecular weight excluding hydrogens is 222 g/mol. The zero-order chi connectivity index (χ0) is 11.7. The molecular formula is C12H16ClN3. The first kappa shape index (κ1) is 11.4. The number of aromatic nitrogens is 2. The molecule has 0 aliphatic carbocycles. The van der Waals surface area contributed by atoms with Crippen LogP contribution in [0.15, 0.2) is 18.2 Å². The lowest BCUT2D eigenvalue weighted by atomic mass is 10.2. The highest BCUT2D eigenvalue weighted by atomic mass is 35.5. The molecule has 0 radical (unpaired) electrons. The van der Waals surface area contributed by atoms with Crippen LogP contribution in [0.1, 0.15) is 25.4 Å². The minimum Gasteiger partial charge on any atom is -0.328 e. The molecule has 0 saturated carbocycles. The molecule has 4 heteroatoms. The molecule has 2 rings (SSSR count). The van der Waals surface area contributed by atoms with Crippen molar-refractivity contribution in [2.45, 2.75) is 32.7 Å². The summed E-state index contributed by atoms with van der Waals surface area (Å²) in [6.07, 6.45) is 1.65. The van der Waals surface area contributed by atoms with E-state index in [1.165, 1.54) is 0 Å². The number of aryl methyl sites for hydroxylation is 1. The van der Waals surface area contributed by atoms with Crippen molar-refractivity contribution in [3.8, 4) is 0 Å². The highest BCUT2D eigenvalue weighted by molar-refractivity contribution is 6.29. The van der Waals surface area contributed by atoms with Crippen molar-refractivity contribution in [1.29, 1.82) is 0 Å². The molecule has 0 amide bonds. The maximum atomic E-state index is 6.18. The molecule has 2 aromatic heterocycles. The van der Waals surface area contributed by atoms with Gasteiger partial charge in [-0.2, -0.15) is 0 Å². The van der Waals surface area contributed by atoms with Crippen molar-refractivity contribution in [3.05, 3.63) is 34.9 Å².